The Hall–Kier alpha value is -1.07. The molecule has 1 aromatic rings. The van der Waals surface area contributed by atoms with Gasteiger partial charge >= 0.3 is 0 Å². The lowest BCUT2D eigenvalue weighted by Gasteiger charge is -2.34. The summed E-state index contributed by atoms with van der Waals surface area (Å²) in [6.07, 6.45) is 4.62. The lowest BCUT2D eigenvalue weighted by atomic mass is 9.81. The number of thiophene rings is 1. The summed E-state index contributed by atoms with van der Waals surface area (Å²) in [6, 6.07) is 3.04. The molecule has 0 amide bonds. The van der Waals surface area contributed by atoms with Gasteiger partial charge in [0.15, 0.2) is 5.96 Å². The minimum absolute atomic E-state index is 0.402. The molecule has 110 valence electrons. The fourth-order valence-corrected chi connectivity index (χ4v) is 4.00. The van der Waals surface area contributed by atoms with Crippen LogP contribution in [-0.4, -0.2) is 37.2 Å². The topological polar surface area (TPSA) is 50.9 Å². The number of methoxy groups -OCH3 is 1. The molecule has 4 nitrogen and oxygen atoms in total. The van der Waals surface area contributed by atoms with Gasteiger partial charge in [-0.15, -0.1) is 0 Å². The van der Waals surface area contributed by atoms with Crippen molar-refractivity contribution in [3.63, 3.8) is 0 Å². The molecular formula is C15H23N3OS. The molecule has 5 heteroatoms. The number of hydrogen-bond acceptors (Lipinski definition) is 3. The number of nitrogens with two attached hydrogens (primary N) is 1. The van der Waals surface area contributed by atoms with Crippen LogP contribution in [0.4, 0.5) is 0 Å². The molecule has 1 saturated carbocycles. The summed E-state index contributed by atoms with van der Waals surface area (Å²) >= 11 is 1.75. The van der Waals surface area contributed by atoms with Crippen LogP contribution in [0.3, 0.4) is 0 Å². The summed E-state index contributed by atoms with van der Waals surface area (Å²) in [5, 5.41) is 4.37. The SMILES string of the molecule is COCC1CC(N=C(N)N2CCCC2c2ccsc2)C1. The lowest BCUT2D eigenvalue weighted by Crippen LogP contribution is -2.40. The first-order valence-electron chi connectivity index (χ1n) is 7.39. The van der Waals surface area contributed by atoms with E-state index in [2.05, 4.69) is 21.7 Å². The van der Waals surface area contributed by atoms with Crippen molar-refractivity contribution in [3.05, 3.63) is 22.4 Å². The maximum absolute atomic E-state index is 6.25. The van der Waals surface area contributed by atoms with Gasteiger partial charge in [0.1, 0.15) is 0 Å². The van der Waals surface area contributed by atoms with E-state index in [-0.39, 0.29) is 0 Å². The predicted octanol–water partition coefficient (Wildman–Crippen LogP) is 2.62. The van der Waals surface area contributed by atoms with Gasteiger partial charge in [-0.1, -0.05) is 0 Å². The highest BCUT2D eigenvalue weighted by atomic mass is 32.1. The van der Waals surface area contributed by atoms with Gasteiger partial charge < -0.3 is 15.4 Å². The van der Waals surface area contributed by atoms with Crippen LogP contribution >= 0.6 is 11.3 Å². The Balaban J connectivity index is 1.60. The van der Waals surface area contributed by atoms with Crippen LogP contribution in [0, 0.1) is 5.92 Å². The second kappa shape index (κ2) is 6.14. The van der Waals surface area contributed by atoms with E-state index in [1.54, 1.807) is 18.4 Å². The van der Waals surface area contributed by atoms with Gasteiger partial charge in [0.05, 0.1) is 12.1 Å². The Bertz CT molecular complexity index is 454. The fraction of sp³-hybridized carbons (Fsp3) is 0.667. The molecule has 0 aromatic carbocycles. The van der Waals surface area contributed by atoms with E-state index in [1.807, 2.05) is 0 Å². The van der Waals surface area contributed by atoms with Crippen molar-refractivity contribution in [1.82, 2.24) is 4.90 Å². The highest BCUT2D eigenvalue weighted by molar-refractivity contribution is 7.07. The monoisotopic (exact) mass is 293 g/mol. The van der Waals surface area contributed by atoms with Gasteiger partial charge in [0.25, 0.3) is 0 Å². The van der Waals surface area contributed by atoms with Crippen LogP contribution in [-0.2, 0) is 4.74 Å². The average Bonchev–Trinajstić information content (AvgIpc) is 3.06. The van der Waals surface area contributed by atoms with Gasteiger partial charge in [-0.3, -0.25) is 0 Å². The van der Waals surface area contributed by atoms with Gasteiger partial charge in [-0.25, -0.2) is 4.99 Å². The van der Waals surface area contributed by atoms with Gasteiger partial charge in [-0.05, 0) is 54.0 Å². The van der Waals surface area contributed by atoms with Crippen LogP contribution in [0.25, 0.3) is 0 Å². The fourth-order valence-electron chi connectivity index (χ4n) is 3.29. The first-order valence-corrected chi connectivity index (χ1v) is 8.33. The van der Waals surface area contributed by atoms with Crippen molar-refractivity contribution in [3.8, 4) is 0 Å². The maximum atomic E-state index is 6.25. The summed E-state index contributed by atoms with van der Waals surface area (Å²) in [7, 11) is 1.76. The smallest absolute Gasteiger partial charge is 0.192 e. The maximum Gasteiger partial charge on any atom is 0.192 e. The Kier molecular flexibility index (Phi) is 4.27. The standard InChI is InChI=1S/C15H23N3OS/c1-19-9-11-7-13(8-11)17-15(16)18-5-2-3-14(18)12-4-6-20-10-12/h4,6,10-11,13-14H,2-3,5,7-9H2,1H3,(H2,16,17). The number of aliphatic imine (C=N–C) groups is 1. The van der Waals surface area contributed by atoms with E-state index in [1.165, 1.54) is 18.4 Å². The molecule has 1 aromatic heterocycles. The zero-order valence-electron chi connectivity index (χ0n) is 12.0. The number of guanidine groups is 1. The summed E-state index contributed by atoms with van der Waals surface area (Å²) in [4.78, 5) is 7.01. The van der Waals surface area contributed by atoms with Crippen molar-refractivity contribution in [2.75, 3.05) is 20.3 Å². The molecule has 2 N–H and O–H groups in total. The van der Waals surface area contributed by atoms with E-state index in [0.717, 1.165) is 32.0 Å². The molecule has 1 saturated heterocycles. The number of ether oxygens (including phenoxy) is 1. The third-order valence-corrected chi connectivity index (χ3v) is 5.10. The Labute approximate surface area is 124 Å². The number of likely N-dealkylation sites (tertiary alicyclic amines) is 1. The first kappa shape index (κ1) is 13.9. The minimum Gasteiger partial charge on any atom is -0.384 e. The van der Waals surface area contributed by atoms with Crippen LogP contribution in [0.5, 0.6) is 0 Å². The second-order valence-corrected chi connectivity index (χ2v) is 6.62. The van der Waals surface area contributed by atoms with Crippen LogP contribution in [0.1, 0.15) is 37.3 Å². The molecule has 20 heavy (non-hydrogen) atoms. The Morgan fingerprint density at radius 3 is 3.10 bits per heavy atom. The first-order chi connectivity index (χ1) is 9.78. The largest absolute Gasteiger partial charge is 0.384 e. The number of hydrogen-bond donors (Lipinski definition) is 1. The van der Waals surface area contributed by atoms with Gasteiger partial charge in [-0.2, -0.15) is 11.3 Å². The van der Waals surface area contributed by atoms with E-state index < -0.39 is 0 Å². The van der Waals surface area contributed by atoms with Crippen LogP contribution < -0.4 is 5.73 Å². The molecule has 2 fully saturated rings. The summed E-state index contributed by atoms with van der Waals surface area (Å²) < 4.78 is 5.18. The van der Waals surface area contributed by atoms with Crippen molar-refractivity contribution >= 4 is 17.3 Å². The van der Waals surface area contributed by atoms with Gasteiger partial charge in [0.2, 0.25) is 0 Å². The molecule has 2 aliphatic rings. The molecule has 1 unspecified atom stereocenters. The van der Waals surface area contributed by atoms with Gasteiger partial charge in [0, 0.05) is 20.3 Å². The molecule has 1 aliphatic carbocycles. The minimum atomic E-state index is 0.402. The molecule has 1 aliphatic heterocycles. The molecule has 0 spiro atoms. The Morgan fingerprint density at radius 2 is 2.40 bits per heavy atom. The summed E-state index contributed by atoms with van der Waals surface area (Å²) in [5.41, 5.74) is 7.64. The normalized spacial score (nSPS) is 30.6. The van der Waals surface area contributed by atoms with Crippen molar-refractivity contribution in [2.45, 2.75) is 37.8 Å². The second-order valence-electron chi connectivity index (χ2n) is 5.84. The molecule has 0 radical (unpaired) electrons. The quantitative estimate of drug-likeness (QED) is 0.686. The summed E-state index contributed by atoms with van der Waals surface area (Å²) in [5.74, 6) is 1.41. The molecular weight excluding hydrogens is 270 g/mol. The highest BCUT2D eigenvalue weighted by Gasteiger charge is 2.32. The van der Waals surface area contributed by atoms with E-state index in [9.17, 15) is 0 Å². The zero-order valence-corrected chi connectivity index (χ0v) is 12.8. The van der Waals surface area contributed by atoms with E-state index >= 15 is 0 Å². The van der Waals surface area contributed by atoms with Crippen LogP contribution in [0.15, 0.2) is 21.8 Å². The predicted molar refractivity (Wildman–Crippen MR) is 83.0 cm³/mol. The highest BCUT2D eigenvalue weighted by Crippen LogP contribution is 2.34. The number of rotatable bonds is 4. The Morgan fingerprint density at radius 1 is 1.55 bits per heavy atom. The average molecular weight is 293 g/mol. The van der Waals surface area contributed by atoms with Crippen LogP contribution in [0.2, 0.25) is 0 Å². The summed E-state index contributed by atoms with van der Waals surface area (Å²) in [6.45, 7) is 1.89. The third kappa shape index (κ3) is 2.83. The lowest BCUT2D eigenvalue weighted by molar-refractivity contribution is 0.0995. The molecule has 0 bridgehead atoms. The van der Waals surface area contributed by atoms with E-state index in [0.29, 0.717) is 18.0 Å². The van der Waals surface area contributed by atoms with Crippen molar-refractivity contribution < 1.29 is 4.74 Å². The molecule has 1 atom stereocenters. The zero-order chi connectivity index (χ0) is 13.9. The van der Waals surface area contributed by atoms with Crippen molar-refractivity contribution in [2.24, 2.45) is 16.6 Å². The van der Waals surface area contributed by atoms with Crippen molar-refractivity contribution in [1.29, 1.82) is 0 Å². The van der Waals surface area contributed by atoms with E-state index in [4.69, 9.17) is 15.5 Å². The molecule has 3 rings (SSSR count). The molecule has 2 heterocycles. The number of nitrogens with zero attached hydrogens (tertiary/aromatic N) is 2. The third-order valence-electron chi connectivity index (χ3n) is 4.40.